The number of carbonyl (C=O) groups is 2. The minimum absolute atomic E-state index is 0.0231. The van der Waals surface area contributed by atoms with Crippen LogP contribution in [0, 0.1) is 0 Å². The average molecular weight is 503 g/mol. The Kier molecular flexibility index (Phi) is 7.27. The largest absolute Gasteiger partial charge is 0.468 e. The maximum absolute atomic E-state index is 12.8. The van der Waals surface area contributed by atoms with Crippen molar-refractivity contribution in [3.05, 3.63) is 76.5 Å². The van der Waals surface area contributed by atoms with Crippen molar-refractivity contribution in [1.29, 1.82) is 0 Å². The first-order valence-corrected chi connectivity index (χ1v) is 11.6. The highest BCUT2D eigenvalue weighted by molar-refractivity contribution is 8.00. The number of methoxy groups -OCH3 is 1. The van der Waals surface area contributed by atoms with Crippen LogP contribution in [0.25, 0.3) is 0 Å². The Hall–Kier alpha value is -2.94. The quantitative estimate of drug-likeness (QED) is 0.345. The zero-order valence-corrected chi connectivity index (χ0v) is 20.0. The Morgan fingerprint density at radius 1 is 1.18 bits per heavy atom. The van der Waals surface area contributed by atoms with Crippen LogP contribution in [0.2, 0.25) is 10.0 Å². The van der Waals surface area contributed by atoms with Crippen LogP contribution in [0.3, 0.4) is 0 Å². The molecule has 1 N–H and O–H groups in total. The van der Waals surface area contributed by atoms with E-state index in [9.17, 15) is 9.59 Å². The summed E-state index contributed by atoms with van der Waals surface area (Å²) in [7, 11) is 1.35. The van der Waals surface area contributed by atoms with Crippen molar-refractivity contribution < 1.29 is 14.3 Å². The first-order valence-electron chi connectivity index (χ1n) is 10.0. The van der Waals surface area contributed by atoms with Crippen molar-refractivity contribution in [3.63, 3.8) is 0 Å². The molecular formula is C23H20Cl2N4O3S. The fraction of sp³-hybridized carbons (Fsp3) is 0.174. The molecular weight excluding hydrogens is 483 g/mol. The number of nitrogens with zero attached hydrogens (tertiary/aromatic N) is 3. The summed E-state index contributed by atoms with van der Waals surface area (Å²) in [5, 5.41) is 3.88. The molecule has 1 aliphatic rings. The second-order valence-corrected chi connectivity index (χ2v) is 9.16. The van der Waals surface area contributed by atoms with Crippen LogP contribution < -0.4 is 14.5 Å². The number of pyridine rings is 1. The van der Waals surface area contributed by atoms with Gasteiger partial charge in [0.15, 0.2) is 0 Å². The molecule has 0 radical (unpaired) electrons. The number of anilines is 3. The number of amides is 2. The number of benzene rings is 2. The van der Waals surface area contributed by atoms with Crippen molar-refractivity contribution in [1.82, 2.24) is 4.98 Å². The highest BCUT2D eigenvalue weighted by atomic mass is 35.5. The van der Waals surface area contributed by atoms with Crippen LogP contribution in [0.5, 0.6) is 0 Å². The maximum atomic E-state index is 12.8. The first-order chi connectivity index (χ1) is 15.9. The van der Waals surface area contributed by atoms with Gasteiger partial charge in [-0.15, -0.1) is 0 Å². The molecule has 10 heteroatoms. The number of halogens is 2. The van der Waals surface area contributed by atoms with Gasteiger partial charge in [0.25, 0.3) is 0 Å². The lowest BCUT2D eigenvalue weighted by Gasteiger charge is -2.24. The third kappa shape index (κ3) is 5.71. The summed E-state index contributed by atoms with van der Waals surface area (Å²) in [6.45, 7) is 0.578. The van der Waals surface area contributed by atoms with Crippen LogP contribution >= 0.6 is 35.1 Å². The van der Waals surface area contributed by atoms with Crippen molar-refractivity contribution in [2.45, 2.75) is 11.3 Å². The number of hydrogen-bond acceptors (Lipinski definition) is 6. The van der Waals surface area contributed by atoms with Gasteiger partial charge in [0.05, 0.1) is 19.0 Å². The van der Waals surface area contributed by atoms with Gasteiger partial charge >= 0.3 is 12.0 Å². The highest BCUT2D eigenvalue weighted by Gasteiger charge is 2.26. The summed E-state index contributed by atoms with van der Waals surface area (Å²) in [5.41, 5.74) is 3.27. The number of urea groups is 1. The zero-order valence-electron chi connectivity index (χ0n) is 17.6. The van der Waals surface area contributed by atoms with Crippen molar-refractivity contribution in [2.75, 3.05) is 34.7 Å². The number of fused-ring (bicyclic) bond motifs is 1. The molecule has 0 saturated heterocycles. The van der Waals surface area contributed by atoms with Gasteiger partial charge in [0.2, 0.25) is 0 Å². The Bertz CT molecular complexity index is 1160. The zero-order chi connectivity index (χ0) is 23.4. The van der Waals surface area contributed by atoms with Gasteiger partial charge in [0.1, 0.15) is 6.54 Å². The van der Waals surface area contributed by atoms with Gasteiger partial charge in [-0.3, -0.25) is 14.7 Å². The lowest BCUT2D eigenvalue weighted by Crippen LogP contribution is -2.33. The lowest BCUT2D eigenvalue weighted by molar-refractivity contribution is -0.138. The lowest BCUT2D eigenvalue weighted by atomic mass is 10.1. The van der Waals surface area contributed by atoms with Crippen LogP contribution in [0.4, 0.5) is 21.9 Å². The molecule has 4 rings (SSSR count). The van der Waals surface area contributed by atoms with E-state index in [1.165, 1.54) is 19.1 Å². The Labute approximate surface area is 205 Å². The first kappa shape index (κ1) is 23.2. The topological polar surface area (TPSA) is 74.8 Å². The molecule has 0 fully saturated rings. The van der Waals surface area contributed by atoms with Crippen LogP contribution in [-0.4, -0.2) is 37.2 Å². The van der Waals surface area contributed by atoms with Gasteiger partial charge in [-0.1, -0.05) is 23.2 Å². The number of ether oxygens (including phenoxy) is 1. The Balaban J connectivity index is 1.56. The van der Waals surface area contributed by atoms with E-state index >= 15 is 0 Å². The van der Waals surface area contributed by atoms with Gasteiger partial charge in [0, 0.05) is 39.1 Å². The van der Waals surface area contributed by atoms with E-state index in [-0.39, 0.29) is 18.5 Å². The maximum Gasteiger partial charge on any atom is 0.326 e. The molecule has 2 amide bonds. The third-order valence-electron chi connectivity index (χ3n) is 4.96. The van der Waals surface area contributed by atoms with E-state index in [2.05, 4.69) is 10.3 Å². The summed E-state index contributed by atoms with van der Waals surface area (Å²) in [5.74, 6) is -0.381. The van der Waals surface area contributed by atoms with E-state index in [0.717, 1.165) is 21.8 Å². The summed E-state index contributed by atoms with van der Waals surface area (Å²) in [6, 6.07) is 14.3. The van der Waals surface area contributed by atoms with Crippen LogP contribution in [0.1, 0.15) is 5.56 Å². The number of nitrogens with one attached hydrogen (secondary N) is 1. The van der Waals surface area contributed by atoms with E-state index < -0.39 is 0 Å². The Morgan fingerprint density at radius 3 is 2.67 bits per heavy atom. The van der Waals surface area contributed by atoms with Crippen LogP contribution in [-0.2, 0) is 16.0 Å². The molecule has 2 aromatic carbocycles. The molecule has 0 aliphatic carbocycles. The van der Waals surface area contributed by atoms with Crippen molar-refractivity contribution in [3.8, 4) is 0 Å². The standard InChI is InChI=1S/C23H20Cl2N4O3S/c1-32-22(30)14-29(33-20-11-16(24)10-17(25)12-20)19-4-5-21-15(9-19)6-8-28(21)23(31)27-18-3-2-7-26-13-18/h2-5,7,9-13H,6,8,14H2,1H3,(H,27,31). The van der Waals surface area contributed by atoms with Gasteiger partial charge in [-0.25, -0.2) is 4.79 Å². The average Bonchev–Trinajstić information content (AvgIpc) is 3.22. The third-order valence-corrected chi connectivity index (χ3v) is 6.40. The summed E-state index contributed by atoms with van der Waals surface area (Å²) < 4.78 is 6.68. The molecule has 0 atom stereocenters. The smallest absolute Gasteiger partial charge is 0.326 e. The molecule has 2 heterocycles. The van der Waals surface area contributed by atoms with E-state index in [1.54, 1.807) is 47.6 Å². The number of hydrogen-bond donors (Lipinski definition) is 1. The summed E-state index contributed by atoms with van der Waals surface area (Å²) >= 11 is 13.6. The number of carbonyl (C=O) groups excluding carboxylic acids is 2. The summed E-state index contributed by atoms with van der Waals surface area (Å²) in [6.07, 6.45) is 3.95. The minimum atomic E-state index is -0.381. The normalized spacial score (nSPS) is 12.3. The fourth-order valence-corrected chi connectivity index (χ4v) is 5.11. The molecule has 1 aliphatic heterocycles. The van der Waals surface area contributed by atoms with E-state index in [4.69, 9.17) is 27.9 Å². The predicted octanol–water partition coefficient (Wildman–Crippen LogP) is 5.67. The number of aromatic nitrogens is 1. The minimum Gasteiger partial charge on any atom is -0.468 e. The summed E-state index contributed by atoms with van der Waals surface area (Å²) in [4.78, 5) is 31.3. The van der Waals surface area contributed by atoms with Crippen LogP contribution in [0.15, 0.2) is 65.8 Å². The predicted molar refractivity (Wildman–Crippen MR) is 132 cm³/mol. The van der Waals surface area contributed by atoms with Gasteiger partial charge in [-0.2, -0.15) is 0 Å². The molecule has 170 valence electrons. The van der Waals surface area contributed by atoms with Gasteiger partial charge in [-0.05, 0) is 72.5 Å². The number of esters is 1. The Morgan fingerprint density at radius 2 is 1.97 bits per heavy atom. The molecule has 0 spiro atoms. The van der Waals surface area contributed by atoms with Gasteiger partial charge < -0.3 is 14.4 Å². The molecule has 33 heavy (non-hydrogen) atoms. The SMILES string of the molecule is COC(=O)CN(Sc1cc(Cl)cc(Cl)c1)c1ccc2c(c1)CCN2C(=O)Nc1cccnc1. The van der Waals surface area contributed by atoms with E-state index in [0.29, 0.717) is 28.7 Å². The molecule has 0 bridgehead atoms. The monoisotopic (exact) mass is 502 g/mol. The fourth-order valence-electron chi connectivity index (χ4n) is 3.45. The van der Waals surface area contributed by atoms with Crippen molar-refractivity contribution in [2.24, 2.45) is 0 Å². The highest BCUT2D eigenvalue weighted by Crippen LogP contribution is 2.37. The molecule has 0 unspecified atom stereocenters. The molecule has 3 aromatic rings. The number of rotatable bonds is 6. The molecule has 1 aromatic heterocycles. The molecule has 7 nitrogen and oxygen atoms in total. The van der Waals surface area contributed by atoms with Crippen molar-refractivity contribution >= 4 is 64.2 Å². The second-order valence-electron chi connectivity index (χ2n) is 7.20. The molecule has 0 saturated carbocycles. The second kappa shape index (κ2) is 10.3. The van der Waals surface area contributed by atoms with E-state index in [1.807, 2.05) is 22.5 Å².